The lowest BCUT2D eigenvalue weighted by Gasteiger charge is -2.41. The van der Waals surface area contributed by atoms with Crippen LogP contribution in [0, 0.1) is 5.41 Å². The van der Waals surface area contributed by atoms with E-state index in [0.29, 0.717) is 17.9 Å². The van der Waals surface area contributed by atoms with E-state index in [-0.39, 0.29) is 10.5 Å². The van der Waals surface area contributed by atoms with Gasteiger partial charge in [-0.1, -0.05) is 24.7 Å². The lowest BCUT2D eigenvalue weighted by molar-refractivity contribution is -0.138. The van der Waals surface area contributed by atoms with Crippen LogP contribution in [0.4, 0.5) is 18.3 Å². The van der Waals surface area contributed by atoms with Gasteiger partial charge in [0.05, 0.1) is 0 Å². The Bertz CT molecular complexity index is 379. The maximum Gasteiger partial charge on any atom is 0.445 e. The Balaban J connectivity index is 1.93. The van der Waals surface area contributed by atoms with Gasteiger partial charge >= 0.3 is 6.18 Å². The molecule has 0 spiro atoms. The van der Waals surface area contributed by atoms with E-state index in [1.165, 1.54) is 6.42 Å². The molecule has 7 heteroatoms. The summed E-state index contributed by atoms with van der Waals surface area (Å²) in [4.78, 5) is 0. The van der Waals surface area contributed by atoms with Crippen LogP contribution < -0.4 is 5.32 Å². The van der Waals surface area contributed by atoms with Crippen molar-refractivity contribution in [2.45, 2.75) is 38.8 Å². The van der Waals surface area contributed by atoms with Crippen LogP contribution in [0.25, 0.3) is 0 Å². The quantitative estimate of drug-likeness (QED) is 0.904. The minimum Gasteiger partial charge on any atom is -0.360 e. The molecule has 0 atom stereocenters. The molecule has 17 heavy (non-hydrogen) atoms. The first-order valence-corrected chi connectivity index (χ1v) is 6.41. The molecule has 3 nitrogen and oxygen atoms in total. The van der Waals surface area contributed by atoms with Crippen LogP contribution in [-0.4, -0.2) is 16.7 Å². The van der Waals surface area contributed by atoms with Crippen LogP contribution >= 0.6 is 11.3 Å². The minimum absolute atomic E-state index is 0.254. The smallest absolute Gasteiger partial charge is 0.360 e. The Morgan fingerprint density at radius 2 is 2.06 bits per heavy atom. The predicted octanol–water partition coefficient (Wildman–Crippen LogP) is 3.55. The summed E-state index contributed by atoms with van der Waals surface area (Å²) in [5.74, 6) is 0. The molecule has 2 rings (SSSR count). The first-order chi connectivity index (χ1) is 7.95. The van der Waals surface area contributed by atoms with E-state index in [0.717, 1.165) is 19.3 Å². The number of rotatable bonds is 4. The van der Waals surface area contributed by atoms with Crippen LogP contribution in [0.1, 0.15) is 37.6 Å². The molecule has 0 bridgehead atoms. The summed E-state index contributed by atoms with van der Waals surface area (Å²) < 4.78 is 36.9. The van der Waals surface area contributed by atoms with Crippen LogP contribution in [-0.2, 0) is 6.18 Å². The molecule has 0 aliphatic heterocycles. The SMILES string of the molecule is CCC1(CNc2nnc(C(F)(F)F)s2)CCC1. The molecular weight excluding hydrogens is 251 g/mol. The predicted molar refractivity (Wildman–Crippen MR) is 60.0 cm³/mol. The monoisotopic (exact) mass is 265 g/mol. The second-order valence-electron chi connectivity index (χ2n) is 4.47. The van der Waals surface area contributed by atoms with Crippen molar-refractivity contribution in [3.8, 4) is 0 Å². The lowest BCUT2D eigenvalue weighted by atomic mass is 9.67. The van der Waals surface area contributed by atoms with Gasteiger partial charge in [0.25, 0.3) is 0 Å². The number of anilines is 1. The number of nitrogens with one attached hydrogen (secondary N) is 1. The molecule has 0 unspecified atom stereocenters. The van der Waals surface area contributed by atoms with Crippen molar-refractivity contribution in [3.63, 3.8) is 0 Å². The van der Waals surface area contributed by atoms with E-state index in [9.17, 15) is 13.2 Å². The van der Waals surface area contributed by atoms with Gasteiger partial charge in [0.15, 0.2) is 0 Å². The molecular formula is C10H14F3N3S. The van der Waals surface area contributed by atoms with Gasteiger partial charge in [0.2, 0.25) is 10.1 Å². The third-order valence-corrected chi connectivity index (χ3v) is 4.37. The molecule has 1 aliphatic rings. The first-order valence-electron chi connectivity index (χ1n) is 5.60. The molecule has 0 amide bonds. The average molecular weight is 265 g/mol. The Kier molecular flexibility index (Phi) is 3.29. The highest BCUT2D eigenvalue weighted by atomic mass is 32.1. The van der Waals surface area contributed by atoms with E-state index >= 15 is 0 Å². The first kappa shape index (κ1) is 12.6. The maximum absolute atomic E-state index is 12.3. The summed E-state index contributed by atoms with van der Waals surface area (Å²) in [6, 6.07) is 0. The summed E-state index contributed by atoms with van der Waals surface area (Å²) in [5.41, 5.74) is 0.254. The summed E-state index contributed by atoms with van der Waals surface area (Å²) in [6.07, 6.45) is 0.143. The normalized spacial score (nSPS) is 18.8. The van der Waals surface area contributed by atoms with Crippen molar-refractivity contribution in [2.24, 2.45) is 5.41 Å². The van der Waals surface area contributed by atoms with Gasteiger partial charge in [0.1, 0.15) is 0 Å². The van der Waals surface area contributed by atoms with E-state index in [4.69, 9.17) is 0 Å². The molecule has 0 radical (unpaired) electrons. The Morgan fingerprint density at radius 3 is 2.47 bits per heavy atom. The van der Waals surface area contributed by atoms with Gasteiger partial charge in [-0.15, -0.1) is 10.2 Å². The number of hydrogen-bond acceptors (Lipinski definition) is 4. The summed E-state index contributed by atoms with van der Waals surface area (Å²) in [5, 5.41) is 9.00. The van der Waals surface area contributed by atoms with Crippen molar-refractivity contribution in [1.82, 2.24) is 10.2 Å². The Hall–Kier alpha value is -0.850. The van der Waals surface area contributed by atoms with Crippen molar-refractivity contribution in [3.05, 3.63) is 5.01 Å². The zero-order chi connectivity index (χ0) is 12.5. The summed E-state index contributed by atoms with van der Waals surface area (Å²) in [7, 11) is 0. The molecule has 0 aromatic carbocycles. The van der Waals surface area contributed by atoms with E-state index < -0.39 is 11.2 Å². The fraction of sp³-hybridized carbons (Fsp3) is 0.800. The maximum atomic E-state index is 12.3. The molecule has 1 fully saturated rings. The van der Waals surface area contributed by atoms with Crippen molar-refractivity contribution in [1.29, 1.82) is 0 Å². The van der Waals surface area contributed by atoms with Gasteiger partial charge in [-0.05, 0) is 24.7 Å². The average Bonchev–Trinajstić information content (AvgIpc) is 2.65. The molecule has 1 N–H and O–H groups in total. The fourth-order valence-corrected chi connectivity index (χ4v) is 2.61. The molecule has 1 aromatic heterocycles. The summed E-state index contributed by atoms with van der Waals surface area (Å²) >= 11 is 0.567. The Morgan fingerprint density at radius 1 is 1.35 bits per heavy atom. The number of hydrogen-bond donors (Lipinski definition) is 1. The van der Waals surface area contributed by atoms with Gasteiger partial charge in [-0.25, -0.2) is 0 Å². The van der Waals surface area contributed by atoms with Gasteiger partial charge < -0.3 is 5.32 Å². The van der Waals surface area contributed by atoms with Crippen molar-refractivity contribution >= 4 is 16.5 Å². The van der Waals surface area contributed by atoms with Crippen LogP contribution in [0.2, 0.25) is 0 Å². The molecule has 1 aromatic rings. The zero-order valence-electron chi connectivity index (χ0n) is 9.47. The van der Waals surface area contributed by atoms with E-state index in [1.807, 2.05) is 0 Å². The number of halogens is 3. The Labute approximate surface area is 101 Å². The number of aromatic nitrogens is 2. The highest BCUT2D eigenvalue weighted by Gasteiger charge is 2.37. The molecule has 1 aliphatic carbocycles. The van der Waals surface area contributed by atoms with Crippen molar-refractivity contribution in [2.75, 3.05) is 11.9 Å². The highest BCUT2D eigenvalue weighted by molar-refractivity contribution is 7.15. The van der Waals surface area contributed by atoms with Gasteiger partial charge in [0, 0.05) is 6.54 Å². The minimum atomic E-state index is -4.39. The molecule has 1 heterocycles. The van der Waals surface area contributed by atoms with E-state index in [1.54, 1.807) is 0 Å². The van der Waals surface area contributed by atoms with Crippen LogP contribution in [0.5, 0.6) is 0 Å². The summed E-state index contributed by atoms with van der Waals surface area (Å²) in [6.45, 7) is 2.80. The zero-order valence-corrected chi connectivity index (χ0v) is 10.3. The third kappa shape index (κ3) is 2.70. The van der Waals surface area contributed by atoms with Gasteiger partial charge in [-0.2, -0.15) is 13.2 Å². The third-order valence-electron chi connectivity index (χ3n) is 3.45. The number of nitrogens with zero attached hydrogens (tertiary/aromatic N) is 2. The highest BCUT2D eigenvalue weighted by Crippen LogP contribution is 2.44. The number of alkyl halides is 3. The van der Waals surface area contributed by atoms with Gasteiger partial charge in [-0.3, -0.25) is 0 Å². The standard InChI is InChI=1S/C10H14F3N3S/c1-2-9(4-3-5-9)6-14-8-16-15-7(17-8)10(11,12)13/h2-6H2,1H3,(H,14,16). The molecule has 1 saturated carbocycles. The molecule has 0 saturated heterocycles. The van der Waals surface area contributed by atoms with Crippen molar-refractivity contribution < 1.29 is 13.2 Å². The second kappa shape index (κ2) is 4.44. The fourth-order valence-electron chi connectivity index (χ4n) is 2.00. The second-order valence-corrected chi connectivity index (χ2v) is 5.45. The topological polar surface area (TPSA) is 37.8 Å². The lowest BCUT2D eigenvalue weighted by Crippen LogP contribution is -2.35. The van der Waals surface area contributed by atoms with Crippen LogP contribution in [0.3, 0.4) is 0 Å². The molecule has 96 valence electrons. The largest absolute Gasteiger partial charge is 0.445 e. The van der Waals surface area contributed by atoms with E-state index in [2.05, 4.69) is 22.4 Å². The van der Waals surface area contributed by atoms with Crippen LogP contribution in [0.15, 0.2) is 0 Å².